The van der Waals surface area contributed by atoms with Crippen LogP contribution in [0.15, 0.2) is 30.3 Å². The molecule has 1 fully saturated rings. The van der Waals surface area contributed by atoms with Crippen LogP contribution >= 0.6 is 0 Å². The zero-order chi connectivity index (χ0) is 15.3. The first-order valence-electron chi connectivity index (χ1n) is 7.21. The molecule has 2 nitrogen and oxygen atoms in total. The van der Waals surface area contributed by atoms with Crippen LogP contribution in [0.3, 0.4) is 0 Å². The highest BCUT2D eigenvalue weighted by molar-refractivity contribution is 5.69. The van der Waals surface area contributed by atoms with Gasteiger partial charge in [0.2, 0.25) is 0 Å². The second-order valence-electron chi connectivity index (χ2n) is 5.62. The van der Waals surface area contributed by atoms with Crippen molar-refractivity contribution in [2.75, 3.05) is 0 Å². The summed E-state index contributed by atoms with van der Waals surface area (Å²) in [5.74, 6) is -1.89. The third-order valence-electron chi connectivity index (χ3n) is 3.94. The summed E-state index contributed by atoms with van der Waals surface area (Å²) in [5, 5.41) is 0. The van der Waals surface area contributed by atoms with Crippen molar-refractivity contribution in [3.05, 3.63) is 35.9 Å². The second kappa shape index (κ2) is 6.96. The number of esters is 1. The van der Waals surface area contributed by atoms with Crippen LogP contribution < -0.4 is 0 Å². The van der Waals surface area contributed by atoms with Gasteiger partial charge in [0.25, 0.3) is 0 Å². The van der Waals surface area contributed by atoms with E-state index in [1.165, 1.54) is 0 Å². The van der Waals surface area contributed by atoms with Crippen molar-refractivity contribution < 1.29 is 22.7 Å². The lowest BCUT2D eigenvalue weighted by Gasteiger charge is -2.29. The monoisotopic (exact) mass is 300 g/mol. The molecule has 0 spiro atoms. The van der Waals surface area contributed by atoms with E-state index in [9.17, 15) is 18.0 Å². The van der Waals surface area contributed by atoms with E-state index in [-0.39, 0.29) is 31.8 Å². The Hall–Kier alpha value is -1.52. The lowest BCUT2D eigenvalue weighted by Crippen LogP contribution is -2.29. The second-order valence-corrected chi connectivity index (χ2v) is 5.62. The van der Waals surface area contributed by atoms with E-state index >= 15 is 0 Å². The van der Waals surface area contributed by atoms with Crippen LogP contribution in [-0.2, 0) is 16.1 Å². The van der Waals surface area contributed by atoms with Crippen LogP contribution in [0, 0.1) is 11.8 Å². The number of carbonyl (C=O) groups is 1. The lowest BCUT2D eigenvalue weighted by molar-refractivity contribution is -0.187. The molecule has 2 rings (SSSR count). The van der Waals surface area contributed by atoms with Gasteiger partial charge in [-0.25, -0.2) is 0 Å². The lowest BCUT2D eigenvalue weighted by atomic mass is 9.79. The van der Waals surface area contributed by atoms with Crippen molar-refractivity contribution >= 4 is 5.97 Å². The molecule has 21 heavy (non-hydrogen) atoms. The van der Waals surface area contributed by atoms with Crippen LogP contribution in [-0.4, -0.2) is 12.1 Å². The van der Waals surface area contributed by atoms with Gasteiger partial charge in [0, 0.05) is 6.42 Å². The Bertz CT molecular complexity index is 456. The molecule has 0 aromatic heterocycles. The third kappa shape index (κ3) is 5.06. The van der Waals surface area contributed by atoms with Gasteiger partial charge in [0.15, 0.2) is 0 Å². The molecule has 1 aliphatic rings. The maximum absolute atomic E-state index is 12.7. The van der Waals surface area contributed by atoms with E-state index < -0.39 is 18.1 Å². The third-order valence-corrected chi connectivity index (χ3v) is 3.94. The molecule has 1 aliphatic carbocycles. The van der Waals surface area contributed by atoms with Crippen molar-refractivity contribution in [1.82, 2.24) is 0 Å². The topological polar surface area (TPSA) is 26.3 Å². The minimum atomic E-state index is -4.15. The fourth-order valence-corrected chi connectivity index (χ4v) is 2.81. The Kier molecular flexibility index (Phi) is 5.26. The normalized spacial score (nSPS) is 22.8. The molecule has 2 atom stereocenters. The largest absolute Gasteiger partial charge is 0.461 e. The van der Waals surface area contributed by atoms with Crippen molar-refractivity contribution in [2.45, 2.75) is 44.9 Å². The first-order valence-corrected chi connectivity index (χ1v) is 7.21. The number of carbonyl (C=O) groups excluding carboxylic acids is 1. The number of ether oxygens (including phenoxy) is 1. The average molecular weight is 300 g/mol. The predicted octanol–water partition coefficient (Wildman–Crippen LogP) is 4.49. The SMILES string of the molecule is O=C(CC1CCCC(C(F)(F)F)C1)OCc1ccccc1. The maximum atomic E-state index is 12.7. The highest BCUT2D eigenvalue weighted by Crippen LogP contribution is 2.40. The van der Waals surface area contributed by atoms with E-state index in [0.717, 1.165) is 5.56 Å². The number of hydrogen-bond acceptors (Lipinski definition) is 2. The quantitative estimate of drug-likeness (QED) is 0.766. The molecule has 0 saturated heterocycles. The van der Waals surface area contributed by atoms with E-state index in [0.29, 0.717) is 12.8 Å². The van der Waals surface area contributed by atoms with Crippen LogP contribution in [0.2, 0.25) is 0 Å². The highest BCUT2D eigenvalue weighted by atomic mass is 19.4. The molecular formula is C16H19F3O2. The van der Waals surface area contributed by atoms with Gasteiger partial charge < -0.3 is 4.74 Å². The number of alkyl halides is 3. The summed E-state index contributed by atoms with van der Waals surface area (Å²) in [6.07, 6.45) is -2.64. The minimum absolute atomic E-state index is 0.0456. The van der Waals surface area contributed by atoms with Crippen LogP contribution in [0.5, 0.6) is 0 Å². The number of rotatable bonds is 4. The van der Waals surface area contributed by atoms with Crippen LogP contribution in [0.4, 0.5) is 13.2 Å². The van der Waals surface area contributed by atoms with Gasteiger partial charge in [-0.3, -0.25) is 4.79 Å². The van der Waals surface area contributed by atoms with Gasteiger partial charge in [-0.15, -0.1) is 0 Å². The molecule has 1 aromatic carbocycles. The van der Waals surface area contributed by atoms with Crippen molar-refractivity contribution in [3.8, 4) is 0 Å². The van der Waals surface area contributed by atoms with Gasteiger partial charge in [-0.05, 0) is 30.7 Å². The van der Waals surface area contributed by atoms with E-state index in [2.05, 4.69) is 0 Å². The summed E-state index contributed by atoms with van der Waals surface area (Å²) in [7, 11) is 0. The van der Waals surface area contributed by atoms with Gasteiger partial charge in [-0.2, -0.15) is 13.2 Å². The molecule has 2 unspecified atom stereocenters. The molecule has 0 aliphatic heterocycles. The molecule has 5 heteroatoms. The first kappa shape index (κ1) is 15.9. The Balaban J connectivity index is 1.77. The summed E-state index contributed by atoms with van der Waals surface area (Å²) in [6.45, 7) is 0.176. The standard InChI is InChI=1S/C16H19F3O2/c17-16(18,19)14-8-4-7-13(9-14)10-15(20)21-11-12-5-2-1-3-6-12/h1-3,5-6,13-14H,4,7-11H2. The predicted molar refractivity (Wildman–Crippen MR) is 72.4 cm³/mol. The maximum Gasteiger partial charge on any atom is 0.391 e. The van der Waals surface area contributed by atoms with Crippen LogP contribution in [0.1, 0.15) is 37.7 Å². The Morgan fingerprint density at radius 1 is 1.19 bits per heavy atom. The Morgan fingerprint density at radius 2 is 1.90 bits per heavy atom. The van der Waals surface area contributed by atoms with E-state index in [1.807, 2.05) is 30.3 Å². The van der Waals surface area contributed by atoms with Crippen molar-refractivity contribution in [2.24, 2.45) is 11.8 Å². The molecule has 1 aromatic rings. The number of benzene rings is 1. The fourth-order valence-electron chi connectivity index (χ4n) is 2.81. The van der Waals surface area contributed by atoms with Gasteiger partial charge in [0.1, 0.15) is 6.61 Å². The molecule has 0 radical (unpaired) electrons. The first-order chi connectivity index (χ1) is 9.95. The highest BCUT2D eigenvalue weighted by Gasteiger charge is 2.42. The molecule has 0 heterocycles. The summed E-state index contributed by atoms with van der Waals surface area (Å²) < 4.78 is 43.2. The summed E-state index contributed by atoms with van der Waals surface area (Å²) in [4.78, 5) is 11.7. The molecule has 1 saturated carbocycles. The average Bonchev–Trinajstić information content (AvgIpc) is 2.46. The van der Waals surface area contributed by atoms with E-state index in [4.69, 9.17) is 4.74 Å². The molecule has 0 N–H and O–H groups in total. The number of halogens is 3. The number of hydrogen-bond donors (Lipinski definition) is 0. The molecule has 0 amide bonds. The van der Waals surface area contributed by atoms with Gasteiger partial charge in [0.05, 0.1) is 5.92 Å². The van der Waals surface area contributed by atoms with Crippen molar-refractivity contribution in [1.29, 1.82) is 0 Å². The van der Waals surface area contributed by atoms with Gasteiger partial charge >= 0.3 is 12.1 Å². The fraction of sp³-hybridized carbons (Fsp3) is 0.562. The minimum Gasteiger partial charge on any atom is -0.461 e. The Labute approximate surface area is 122 Å². The van der Waals surface area contributed by atoms with Gasteiger partial charge in [-0.1, -0.05) is 36.8 Å². The smallest absolute Gasteiger partial charge is 0.391 e. The summed E-state index contributed by atoms with van der Waals surface area (Å²) in [5.41, 5.74) is 0.877. The zero-order valence-corrected chi connectivity index (χ0v) is 11.7. The van der Waals surface area contributed by atoms with E-state index in [1.54, 1.807) is 0 Å². The molecular weight excluding hydrogens is 281 g/mol. The zero-order valence-electron chi connectivity index (χ0n) is 11.7. The summed E-state index contributed by atoms with van der Waals surface area (Å²) >= 11 is 0. The van der Waals surface area contributed by atoms with Crippen LogP contribution in [0.25, 0.3) is 0 Å². The summed E-state index contributed by atoms with van der Waals surface area (Å²) in [6, 6.07) is 9.24. The Morgan fingerprint density at radius 3 is 2.57 bits per heavy atom. The molecule has 116 valence electrons. The molecule has 0 bridgehead atoms. The van der Waals surface area contributed by atoms with Crippen molar-refractivity contribution in [3.63, 3.8) is 0 Å².